The maximum atomic E-state index is 13.4. The van der Waals surface area contributed by atoms with Gasteiger partial charge in [-0.3, -0.25) is 0 Å². The van der Waals surface area contributed by atoms with Gasteiger partial charge in [0.25, 0.3) is 0 Å². The minimum atomic E-state index is -2.56. The summed E-state index contributed by atoms with van der Waals surface area (Å²) in [5.74, 6) is -2.95. The van der Waals surface area contributed by atoms with Crippen LogP contribution in [0.4, 0.5) is 13.2 Å². The van der Waals surface area contributed by atoms with E-state index in [9.17, 15) is 13.2 Å². The summed E-state index contributed by atoms with van der Waals surface area (Å²) in [4.78, 5) is 0. The number of nitrogens with one attached hydrogen (secondary N) is 1. The molecule has 0 aliphatic heterocycles. The van der Waals surface area contributed by atoms with Gasteiger partial charge >= 0.3 is 0 Å². The lowest BCUT2D eigenvalue weighted by Gasteiger charge is -2.34. The zero-order valence-electron chi connectivity index (χ0n) is 10.4. The Bertz CT molecular complexity index is 389. The Hall–Kier alpha value is -1.03. The predicted octanol–water partition coefficient (Wildman–Crippen LogP) is 3.91. The van der Waals surface area contributed by atoms with E-state index in [1.807, 2.05) is 0 Å². The van der Waals surface area contributed by atoms with Gasteiger partial charge in [0.05, 0.1) is 0 Å². The van der Waals surface area contributed by atoms with E-state index in [1.165, 1.54) is 12.1 Å². The fourth-order valence-electron chi connectivity index (χ4n) is 2.84. The molecular formula is C14H18F3N. The van der Waals surface area contributed by atoms with Crippen LogP contribution in [0, 0.1) is 11.7 Å². The first kappa shape index (κ1) is 13.4. The van der Waals surface area contributed by atoms with Crippen LogP contribution in [0.15, 0.2) is 24.3 Å². The molecule has 0 spiro atoms. The lowest BCUT2D eigenvalue weighted by atomic mass is 9.79. The highest BCUT2D eigenvalue weighted by molar-refractivity contribution is 5.21. The first-order chi connectivity index (χ1) is 8.52. The van der Waals surface area contributed by atoms with Gasteiger partial charge in [0.15, 0.2) is 0 Å². The maximum Gasteiger partial charge on any atom is 0.248 e. The molecule has 1 aliphatic rings. The van der Waals surface area contributed by atoms with Crippen LogP contribution in [0.3, 0.4) is 0 Å². The SMILES string of the molecule is CNC(c1ccc(F)cc1)C1CCCC(F)(F)C1. The topological polar surface area (TPSA) is 12.0 Å². The lowest BCUT2D eigenvalue weighted by molar-refractivity contribution is -0.0580. The van der Waals surface area contributed by atoms with E-state index in [-0.39, 0.29) is 30.6 Å². The van der Waals surface area contributed by atoms with E-state index < -0.39 is 5.92 Å². The summed E-state index contributed by atoms with van der Waals surface area (Å²) in [6.45, 7) is 0. The number of benzene rings is 1. The van der Waals surface area contributed by atoms with Crippen LogP contribution in [0.5, 0.6) is 0 Å². The van der Waals surface area contributed by atoms with Crippen molar-refractivity contribution in [2.24, 2.45) is 5.92 Å². The molecule has 1 aromatic rings. The summed E-state index contributed by atoms with van der Waals surface area (Å²) in [5, 5.41) is 3.09. The average Bonchev–Trinajstić information content (AvgIpc) is 2.31. The summed E-state index contributed by atoms with van der Waals surface area (Å²) in [7, 11) is 1.76. The van der Waals surface area contributed by atoms with Gasteiger partial charge in [-0.2, -0.15) is 0 Å². The predicted molar refractivity (Wildman–Crippen MR) is 65.1 cm³/mol. The van der Waals surface area contributed by atoms with Crippen LogP contribution in [0.25, 0.3) is 0 Å². The molecule has 2 atom stereocenters. The maximum absolute atomic E-state index is 13.4. The number of alkyl halides is 2. The van der Waals surface area contributed by atoms with Gasteiger partial charge < -0.3 is 5.32 Å². The monoisotopic (exact) mass is 257 g/mol. The highest BCUT2D eigenvalue weighted by Crippen LogP contribution is 2.41. The van der Waals surface area contributed by atoms with Crippen molar-refractivity contribution >= 4 is 0 Å². The van der Waals surface area contributed by atoms with Crippen LogP contribution in [0.1, 0.15) is 37.3 Å². The van der Waals surface area contributed by atoms with Crippen LogP contribution in [-0.2, 0) is 0 Å². The number of hydrogen-bond acceptors (Lipinski definition) is 1. The second kappa shape index (κ2) is 5.31. The van der Waals surface area contributed by atoms with Crippen LogP contribution < -0.4 is 5.32 Å². The van der Waals surface area contributed by atoms with Crippen LogP contribution in [0.2, 0.25) is 0 Å². The van der Waals surface area contributed by atoms with Crippen molar-refractivity contribution in [3.63, 3.8) is 0 Å². The molecule has 1 nitrogen and oxygen atoms in total. The molecule has 1 fully saturated rings. The van der Waals surface area contributed by atoms with E-state index >= 15 is 0 Å². The number of rotatable bonds is 3. The van der Waals surface area contributed by atoms with E-state index in [0.717, 1.165) is 12.0 Å². The van der Waals surface area contributed by atoms with Crippen molar-refractivity contribution < 1.29 is 13.2 Å². The molecule has 0 radical (unpaired) electrons. The minimum absolute atomic E-state index is 0.0106. The van der Waals surface area contributed by atoms with E-state index in [4.69, 9.17) is 0 Å². The summed E-state index contributed by atoms with van der Waals surface area (Å²) in [6, 6.07) is 5.96. The third-order valence-corrected chi connectivity index (χ3v) is 3.69. The molecule has 18 heavy (non-hydrogen) atoms. The first-order valence-electron chi connectivity index (χ1n) is 6.32. The lowest BCUT2D eigenvalue weighted by Crippen LogP contribution is -2.34. The third kappa shape index (κ3) is 3.05. The summed E-state index contributed by atoms with van der Waals surface area (Å²) in [5.41, 5.74) is 0.876. The van der Waals surface area contributed by atoms with Gasteiger partial charge in [-0.1, -0.05) is 12.1 Å². The molecule has 0 aromatic heterocycles. The largest absolute Gasteiger partial charge is 0.313 e. The van der Waals surface area contributed by atoms with Gasteiger partial charge in [-0.25, -0.2) is 13.2 Å². The fraction of sp³-hybridized carbons (Fsp3) is 0.571. The molecule has 1 N–H and O–H groups in total. The molecule has 1 saturated carbocycles. The number of hydrogen-bond donors (Lipinski definition) is 1. The van der Waals surface area contributed by atoms with Crippen molar-refractivity contribution in [3.05, 3.63) is 35.6 Å². The second-order valence-corrected chi connectivity index (χ2v) is 5.03. The quantitative estimate of drug-likeness (QED) is 0.865. The fourth-order valence-corrected chi connectivity index (χ4v) is 2.84. The van der Waals surface area contributed by atoms with Gasteiger partial charge in [-0.05, 0) is 43.5 Å². The Balaban J connectivity index is 2.15. The molecule has 2 unspecified atom stereocenters. The second-order valence-electron chi connectivity index (χ2n) is 5.03. The number of halogens is 3. The molecule has 100 valence electrons. The van der Waals surface area contributed by atoms with Gasteiger partial charge in [0.1, 0.15) is 5.82 Å². The highest BCUT2D eigenvalue weighted by Gasteiger charge is 2.39. The molecular weight excluding hydrogens is 239 g/mol. The smallest absolute Gasteiger partial charge is 0.248 e. The normalized spacial score (nSPS) is 24.8. The van der Waals surface area contributed by atoms with E-state index in [2.05, 4.69) is 5.32 Å². The summed E-state index contributed by atoms with van der Waals surface area (Å²) in [6.07, 6.45) is 1.24. The zero-order chi connectivity index (χ0) is 13.2. The molecule has 1 aromatic carbocycles. The first-order valence-corrected chi connectivity index (χ1v) is 6.32. The molecule has 1 aliphatic carbocycles. The Labute approximate surface area is 105 Å². The van der Waals surface area contributed by atoms with Crippen molar-refractivity contribution in [3.8, 4) is 0 Å². The van der Waals surface area contributed by atoms with Gasteiger partial charge in [0, 0.05) is 18.9 Å². The average molecular weight is 257 g/mol. The molecule has 0 amide bonds. The van der Waals surface area contributed by atoms with Crippen molar-refractivity contribution in [2.75, 3.05) is 7.05 Å². The Morgan fingerprint density at radius 3 is 2.50 bits per heavy atom. The standard InChI is InChI=1S/C14H18F3N/c1-18-13(10-4-6-12(15)7-5-10)11-3-2-8-14(16,17)9-11/h4-7,11,13,18H,2-3,8-9H2,1H3. The van der Waals surface area contributed by atoms with Crippen LogP contribution in [-0.4, -0.2) is 13.0 Å². The molecule has 2 rings (SSSR count). The highest BCUT2D eigenvalue weighted by atomic mass is 19.3. The molecule has 4 heteroatoms. The summed E-state index contributed by atoms with van der Waals surface area (Å²) >= 11 is 0. The van der Waals surface area contributed by atoms with Crippen molar-refractivity contribution in [2.45, 2.75) is 37.6 Å². The molecule has 0 saturated heterocycles. The van der Waals surface area contributed by atoms with E-state index in [0.29, 0.717) is 6.42 Å². The van der Waals surface area contributed by atoms with E-state index in [1.54, 1.807) is 19.2 Å². The molecule has 0 heterocycles. The minimum Gasteiger partial charge on any atom is -0.313 e. The van der Waals surface area contributed by atoms with Gasteiger partial charge in [0.2, 0.25) is 5.92 Å². The third-order valence-electron chi connectivity index (χ3n) is 3.69. The zero-order valence-corrected chi connectivity index (χ0v) is 10.4. The summed E-state index contributed by atoms with van der Waals surface area (Å²) < 4.78 is 39.8. The van der Waals surface area contributed by atoms with Crippen molar-refractivity contribution in [1.82, 2.24) is 5.32 Å². The van der Waals surface area contributed by atoms with Gasteiger partial charge in [-0.15, -0.1) is 0 Å². The van der Waals surface area contributed by atoms with Crippen molar-refractivity contribution in [1.29, 1.82) is 0 Å². The van der Waals surface area contributed by atoms with Crippen LogP contribution >= 0.6 is 0 Å². The Morgan fingerprint density at radius 1 is 1.28 bits per heavy atom. The molecule has 0 bridgehead atoms. The Morgan fingerprint density at radius 2 is 1.94 bits per heavy atom. The Kier molecular flexibility index (Phi) is 3.95.